The summed E-state index contributed by atoms with van der Waals surface area (Å²) in [5.41, 5.74) is 11.4. The van der Waals surface area contributed by atoms with E-state index in [4.69, 9.17) is 9.47 Å². The average Bonchev–Trinajstić information content (AvgIpc) is 3.12. The van der Waals surface area contributed by atoms with Crippen LogP contribution in [0.4, 0.5) is 17.1 Å². The number of Topliss-reactive ketones (excluding diaryl/α,β-unsaturated/α-hetero) is 1. The zero-order valence-corrected chi connectivity index (χ0v) is 30.8. The highest BCUT2D eigenvalue weighted by atomic mass is 16.5. The lowest BCUT2D eigenvalue weighted by atomic mass is 9.69. The molecule has 2 saturated carbocycles. The van der Waals surface area contributed by atoms with Crippen LogP contribution in [0.3, 0.4) is 0 Å². The molecule has 6 nitrogen and oxygen atoms in total. The number of anilines is 2. The van der Waals surface area contributed by atoms with Gasteiger partial charge in [-0.05, 0) is 100 Å². The maximum atomic E-state index is 13.7. The van der Waals surface area contributed by atoms with E-state index in [-0.39, 0.29) is 24.0 Å². The standard InChI is InChI=1S/C44H53N2O4/c1-8-36(49-6)27-45(37-23-13-28(2)25-30(37)4)34-19-15-32(16-20-34)41-43(47)42(44(41)48)33-17-21-35(22-18-33)46(38-24-14-29(3)26-31(38)5)39-11-9-10-12-40(39)50-7/h13-26,36,39-40,42-43,47H,8-12,27H2,1-7H3/q+1. The molecule has 50 heavy (non-hydrogen) atoms. The Bertz CT molecular complexity index is 1830. The zero-order chi connectivity index (χ0) is 35.5. The number of ketones is 1. The summed E-state index contributed by atoms with van der Waals surface area (Å²) in [6.07, 6.45) is 12.7. The molecule has 0 aliphatic heterocycles. The van der Waals surface area contributed by atoms with Crippen molar-refractivity contribution in [3.8, 4) is 0 Å². The molecular weight excluding hydrogens is 620 g/mol. The van der Waals surface area contributed by atoms with E-state index in [9.17, 15) is 9.90 Å². The summed E-state index contributed by atoms with van der Waals surface area (Å²) in [4.78, 5) is 16.1. The number of benzene rings is 3. The molecule has 3 aromatic rings. The lowest BCUT2D eigenvalue weighted by Crippen LogP contribution is -2.45. The number of aryl methyl sites for hydroxylation is 4. The maximum absolute atomic E-state index is 13.7. The topological polar surface area (TPSA) is 62.0 Å². The Balaban J connectivity index is 1.26. The summed E-state index contributed by atoms with van der Waals surface area (Å²) in [7, 11) is 3.58. The minimum absolute atomic E-state index is 0.0207. The van der Waals surface area contributed by atoms with Gasteiger partial charge in [-0.1, -0.05) is 61.2 Å². The highest BCUT2D eigenvalue weighted by Gasteiger charge is 2.46. The molecule has 0 amide bonds. The smallest absolute Gasteiger partial charge is 0.208 e. The van der Waals surface area contributed by atoms with E-state index in [1.54, 1.807) is 7.11 Å². The third kappa shape index (κ3) is 7.07. The van der Waals surface area contributed by atoms with Gasteiger partial charge in [0, 0.05) is 54.9 Å². The van der Waals surface area contributed by atoms with E-state index in [2.05, 4.69) is 92.6 Å². The van der Waals surface area contributed by atoms with Gasteiger partial charge in [-0.15, -0.1) is 0 Å². The monoisotopic (exact) mass is 673 g/mol. The molecule has 0 spiro atoms. The van der Waals surface area contributed by atoms with E-state index in [1.807, 2.05) is 43.5 Å². The molecular formula is C44H53N2O4+. The third-order valence-electron chi connectivity index (χ3n) is 10.9. The second-order valence-electron chi connectivity index (χ2n) is 14.3. The second-order valence-corrected chi connectivity index (χ2v) is 14.3. The van der Waals surface area contributed by atoms with Crippen LogP contribution in [-0.4, -0.2) is 66.3 Å². The number of hydrogen-bond donors (Lipinski definition) is 1. The van der Waals surface area contributed by atoms with Gasteiger partial charge in [0.2, 0.25) is 11.4 Å². The molecule has 2 fully saturated rings. The lowest BCUT2D eigenvalue weighted by Gasteiger charge is -2.41. The molecule has 1 N–H and O–H groups in total. The second kappa shape index (κ2) is 15.4. The number of rotatable bonds is 10. The first kappa shape index (κ1) is 35.7. The summed E-state index contributed by atoms with van der Waals surface area (Å²) in [6.45, 7) is 11.4. The van der Waals surface area contributed by atoms with Crippen LogP contribution in [0.15, 0.2) is 96.1 Å². The van der Waals surface area contributed by atoms with Crippen molar-refractivity contribution in [1.82, 2.24) is 0 Å². The lowest BCUT2D eigenvalue weighted by molar-refractivity contribution is -0.452. The van der Waals surface area contributed by atoms with Crippen molar-refractivity contribution in [2.45, 2.75) is 97.0 Å². The Labute approximate surface area is 298 Å². The summed E-state index contributed by atoms with van der Waals surface area (Å²) >= 11 is 0. The summed E-state index contributed by atoms with van der Waals surface area (Å²) in [5, 5.41) is 11.4. The fourth-order valence-electron chi connectivity index (χ4n) is 8.09. The maximum Gasteiger partial charge on any atom is 0.208 e. The Morgan fingerprint density at radius 3 is 2.12 bits per heavy atom. The van der Waals surface area contributed by atoms with Crippen molar-refractivity contribution in [2.24, 2.45) is 0 Å². The van der Waals surface area contributed by atoms with Crippen molar-refractivity contribution in [2.75, 3.05) is 25.7 Å². The third-order valence-corrected chi connectivity index (χ3v) is 10.9. The minimum atomic E-state index is -0.862. The molecule has 262 valence electrons. The highest BCUT2D eigenvalue weighted by Crippen LogP contribution is 2.43. The van der Waals surface area contributed by atoms with Crippen LogP contribution >= 0.6 is 0 Å². The number of nitrogens with zero attached hydrogens (tertiary/aromatic N) is 2. The molecule has 3 aromatic carbocycles. The van der Waals surface area contributed by atoms with Crippen molar-refractivity contribution < 1.29 is 24.0 Å². The molecule has 5 unspecified atom stereocenters. The van der Waals surface area contributed by atoms with Gasteiger partial charge in [-0.25, -0.2) is 0 Å². The molecule has 6 heteroatoms. The number of aliphatic hydroxyl groups is 1. The normalized spacial score (nSPS) is 22.5. The van der Waals surface area contributed by atoms with Gasteiger partial charge in [0.1, 0.15) is 6.10 Å². The minimum Gasteiger partial charge on any atom is -0.387 e. The Kier molecular flexibility index (Phi) is 11.0. The molecule has 0 heterocycles. The van der Waals surface area contributed by atoms with Crippen LogP contribution in [0.1, 0.15) is 72.8 Å². The van der Waals surface area contributed by atoms with Crippen LogP contribution < -0.4 is 4.90 Å². The summed E-state index contributed by atoms with van der Waals surface area (Å²) in [6, 6.07) is 21.6. The quantitative estimate of drug-likeness (QED) is 0.172. The van der Waals surface area contributed by atoms with Gasteiger partial charge < -0.3 is 19.5 Å². The van der Waals surface area contributed by atoms with E-state index in [0.717, 1.165) is 47.5 Å². The first-order chi connectivity index (χ1) is 24.1. The molecule has 0 radical (unpaired) electrons. The van der Waals surface area contributed by atoms with Crippen LogP contribution in [0, 0.1) is 27.7 Å². The number of hydrogen-bond acceptors (Lipinski definition) is 5. The van der Waals surface area contributed by atoms with Gasteiger partial charge in [0.15, 0.2) is 12.3 Å². The largest absolute Gasteiger partial charge is 0.387 e. The van der Waals surface area contributed by atoms with Crippen molar-refractivity contribution in [3.63, 3.8) is 0 Å². The molecule has 5 atom stereocenters. The molecule has 6 rings (SSSR count). The van der Waals surface area contributed by atoms with Gasteiger partial charge in [-0.3, -0.25) is 4.79 Å². The van der Waals surface area contributed by atoms with Gasteiger partial charge in [0.25, 0.3) is 0 Å². The fourth-order valence-corrected chi connectivity index (χ4v) is 8.09. The number of ether oxygens (including phenoxy) is 2. The molecule has 0 bridgehead atoms. The number of allylic oxidation sites excluding steroid dienone is 5. The first-order valence-electron chi connectivity index (χ1n) is 18.2. The molecule has 3 aliphatic carbocycles. The van der Waals surface area contributed by atoms with Crippen molar-refractivity contribution >= 4 is 28.6 Å². The fraction of sp³-hybridized carbons (Fsp3) is 0.409. The van der Waals surface area contributed by atoms with Crippen LogP contribution in [0.5, 0.6) is 0 Å². The highest BCUT2D eigenvalue weighted by molar-refractivity contribution is 6.12. The van der Waals surface area contributed by atoms with E-state index < -0.39 is 12.0 Å². The van der Waals surface area contributed by atoms with Crippen LogP contribution in [-0.2, 0) is 14.3 Å². The van der Waals surface area contributed by atoms with Gasteiger partial charge in [-0.2, -0.15) is 4.58 Å². The average molecular weight is 674 g/mol. The predicted molar refractivity (Wildman–Crippen MR) is 203 cm³/mol. The van der Waals surface area contributed by atoms with E-state index >= 15 is 0 Å². The number of aliphatic hydroxyl groups excluding tert-OH is 1. The number of carbonyl (C=O) groups is 1. The van der Waals surface area contributed by atoms with E-state index in [1.165, 1.54) is 40.8 Å². The predicted octanol–water partition coefficient (Wildman–Crippen LogP) is 8.68. The van der Waals surface area contributed by atoms with Crippen LogP contribution in [0.25, 0.3) is 0 Å². The zero-order valence-electron chi connectivity index (χ0n) is 30.8. The molecule has 0 aromatic heterocycles. The SMILES string of the molecule is CCC(C[N+](=C1C=CC(=C2C(=O)C(c3ccc(N(c4ccc(C)cc4C)C4CCCCC4OC)cc3)C2O)C=C1)c1ccc(C)cc1C)OC. The summed E-state index contributed by atoms with van der Waals surface area (Å²) < 4.78 is 14.1. The summed E-state index contributed by atoms with van der Waals surface area (Å²) in [5.74, 6) is -0.596. The number of methoxy groups -OCH3 is 2. The Morgan fingerprint density at radius 2 is 1.52 bits per heavy atom. The first-order valence-corrected chi connectivity index (χ1v) is 18.2. The van der Waals surface area contributed by atoms with Crippen LogP contribution in [0.2, 0.25) is 0 Å². The molecule has 3 aliphatic rings. The van der Waals surface area contributed by atoms with Gasteiger partial charge in [0.05, 0.1) is 24.2 Å². The van der Waals surface area contributed by atoms with Crippen molar-refractivity contribution in [3.05, 3.63) is 124 Å². The van der Waals surface area contributed by atoms with E-state index in [0.29, 0.717) is 12.1 Å². The Morgan fingerprint density at radius 1 is 0.860 bits per heavy atom. The molecule has 0 saturated heterocycles. The van der Waals surface area contributed by atoms with Crippen molar-refractivity contribution in [1.29, 1.82) is 0 Å². The number of carbonyl (C=O) groups excluding carboxylic acids is 1. The Hall–Kier alpha value is -4.10. The van der Waals surface area contributed by atoms with Gasteiger partial charge >= 0.3 is 0 Å².